The average molecular weight is 188 g/mol. The predicted octanol–water partition coefficient (Wildman–Crippen LogP) is 1.98. The van der Waals surface area contributed by atoms with E-state index in [1.165, 1.54) is 6.07 Å². The van der Waals surface area contributed by atoms with E-state index in [1.54, 1.807) is 13.0 Å². The van der Waals surface area contributed by atoms with Gasteiger partial charge in [0, 0.05) is 11.3 Å². The van der Waals surface area contributed by atoms with Gasteiger partial charge in [-0.15, -0.1) is 0 Å². The molecular weight excluding hydrogens is 179 g/mol. The van der Waals surface area contributed by atoms with E-state index in [1.807, 2.05) is 6.07 Å². The Labute approximate surface area is 82.2 Å². The van der Waals surface area contributed by atoms with Gasteiger partial charge in [-0.1, -0.05) is 11.8 Å². The number of nitrogen functional groups attached to an aromatic ring is 1. The van der Waals surface area contributed by atoms with Gasteiger partial charge >= 0.3 is 0 Å². The first kappa shape index (κ1) is 10.1. The Morgan fingerprint density at radius 3 is 2.86 bits per heavy atom. The fourth-order valence-electron chi connectivity index (χ4n) is 0.975. The van der Waals surface area contributed by atoms with Crippen LogP contribution in [-0.4, -0.2) is 0 Å². The zero-order valence-corrected chi connectivity index (χ0v) is 7.76. The van der Waals surface area contributed by atoms with E-state index in [9.17, 15) is 4.39 Å². The lowest BCUT2D eigenvalue weighted by Gasteiger charge is -2.02. The number of halogens is 1. The topological polar surface area (TPSA) is 49.8 Å². The molecule has 1 rings (SSSR count). The molecule has 0 saturated carbocycles. The minimum atomic E-state index is -0.407. The van der Waals surface area contributed by atoms with Crippen LogP contribution in [0.2, 0.25) is 0 Å². The molecule has 0 saturated heterocycles. The third kappa shape index (κ3) is 2.02. The highest BCUT2D eigenvalue weighted by molar-refractivity contribution is 5.52. The zero-order chi connectivity index (χ0) is 10.6. The van der Waals surface area contributed by atoms with Crippen molar-refractivity contribution in [2.75, 3.05) is 5.73 Å². The molecule has 0 aliphatic rings. The highest BCUT2D eigenvalue weighted by atomic mass is 19.1. The normalized spacial score (nSPS) is 8.64. The highest BCUT2D eigenvalue weighted by Gasteiger charge is 2.05. The zero-order valence-electron chi connectivity index (χ0n) is 7.76. The Balaban J connectivity index is 3.09. The van der Waals surface area contributed by atoms with Gasteiger partial charge in [-0.2, -0.15) is 5.26 Å². The molecule has 2 N–H and O–H groups in total. The second-order valence-corrected chi connectivity index (χ2v) is 2.78. The molecule has 0 unspecified atom stereocenters. The lowest BCUT2D eigenvalue weighted by molar-refractivity contribution is 0.616. The Morgan fingerprint density at radius 2 is 2.21 bits per heavy atom. The first-order valence-corrected chi connectivity index (χ1v) is 4.07. The number of nitrogens with zero attached hydrogens (tertiary/aromatic N) is 1. The summed E-state index contributed by atoms with van der Waals surface area (Å²) in [4.78, 5) is 0. The molecule has 0 amide bonds. The van der Waals surface area contributed by atoms with Crippen LogP contribution in [0.4, 0.5) is 10.1 Å². The van der Waals surface area contributed by atoms with Gasteiger partial charge in [0.25, 0.3) is 0 Å². The molecule has 1 aromatic carbocycles. The standard InChI is InChI=1S/C11H9FN2/c1-8-10(14)6-5-9(11(8)12)4-2-3-7-13/h5-6H,3,14H2,1H3. The Kier molecular flexibility index (Phi) is 3.09. The number of nitriles is 1. The first-order chi connectivity index (χ1) is 6.66. The SMILES string of the molecule is Cc1c(N)ccc(C#CCC#N)c1F. The van der Waals surface area contributed by atoms with Crippen molar-refractivity contribution in [3.05, 3.63) is 29.1 Å². The predicted molar refractivity (Wildman–Crippen MR) is 52.7 cm³/mol. The van der Waals surface area contributed by atoms with Gasteiger partial charge in [0.15, 0.2) is 0 Å². The number of nitrogens with two attached hydrogens (primary N) is 1. The molecule has 0 bridgehead atoms. The van der Waals surface area contributed by atoms with Gasteiger partial charge in [-0.3, -0.25) is 0 Å². The van der Waals surface area contributed by atoms with E-state index in [0.717, 1.165) is 0 Å². The largest absolute Gasteiger partial charge is 0.398 e. The number of anilines is 1. The van der Waals surface area contributed by atoms with Crippen LogP contribution in [0.15, 0.2) is 12.1 Å². The second-order valence-electron chi connectivity index (χ2n) is 2.78. The van der Waals surface area contributed by atoms with Crippen LogP contribution in [0.1, 0.15) is 17.5 Å². The molecule has 0 fully saturated rings. The Morgan fingerprint density at radius 1 is 1.50 bits per heavy atom. The van der Waals surface area contributed by atoms with Crippen molar-refractivity contribution in [3.8, 4) is 17.9 Å². The maximum absolute atomic E-state index is 13.4. The van der Waals surface area contributed by atoms with E-state index >= 15 is 0 Å². The third-order valence-electron chi connectivity index (χ3n) is 1.82. The van der Waals surface area contributed by atoms with Gasteiger partial charge in [0.1, 0.15) is 5.82 Å². The van der Waals surface area contributed by atoms with Crippen molar-refractivity contribution >= 4 is 5.69 Å². The fraction of sp³-hybridized carbons (Fsp3) is 0.182. The molecule has 0 aliphatic carbocycles. The van der Waals surface area contributed by atoms with Gasteiger partial charge in [0.2, 0.25) is 0 Å². The second kappa shape index (κ2) is 4.30. The summed E-state index contributed by atoms with van der Waals surface area (Å²) in [6, 6.07) is 4.98. The minimum Gasteiger partial charge on any atom is -0.398 e. The lowest BCUT2D eigenvalue weighted by atomic mass is 10.1. The maximum atomic E-state index is 13.4. The minimum absolute atomic E-state index is 0.100. The van der Waals surface area contributed by atoms with Crippen molar-refractivity contribution in [2.24, 2.45) is 0 Å². The van der Waals surface area contributed by atoms with Crippen molar-refractivity contribution in [1.29, 1.82) is 5.26 Å². The quantitative estimate of drug-likeness (QED) is 0.500. The van der Waals surface area contributed by atoms with E-state index in [4.69, 9.17) is 11.0 Å². The molecule has 0 radical (unpaired) electrons. The summed E-state index contributed by atoms with van der Waals surface area (Å²) in [5, 5.41) is 8.25. The van der Waals surface area contributed by atoms with Crippen LogP contribution in [0.5, 0.6) is 0 Å². The van der Waals surface area contributed by atoms with E-state index < -0.39 is 5.82 Å². The summed E-state index contributed by atoms with van der Waals surface area (Å²) in [7, 11) is 0. The van der Waals surface area contributed by atoms with Crippen molar-refractivity contribution in [1.82, 2.24) is 0 Å². The highest BCUT2D eigenvalue weighted by Crippen LogP contribution is 2.17. The third-order valence-corrected chi connectivity index (χ3v) is 1.82. The van der Waals surface area contributed by atoms with Crippen LogP contribution in [0.25, 0.3) is 0 Å². The van der Waals surface area contributed by atoms with Crippen LogP contribution in [-0.2, 0) is 0 Å². The van der Waals surface area contributed by atoms with Crippen LogP contribution < -0.4 is 5.73 Å². The maximum Gasteiger partial charge on any atom is 0.143 e. The number of benzene rings is 1. The van der Waals surface area contributed by atoms with E-state index in [2.05, 4.69) is 11.8 Å². The summed E-state index contributed by atoms with van der Waals surface area (Å²) < 4.78 is 13.4. The van der Waals surface area contributed by atoms with Gasteiger partial charge in [0.05, 0.1) is 18.1 Å². The summed E-state index contributed by atoms with van der Waals surface area (Å²) >= 11 is 0. The van der Waals surface area contributed by atoms with Crippen molar-refractivity contribution in [3.63, 3.8) is 0 Å². The van der Waals surface area contributed by atoms with Crippen molar-refractivity contribution in [2.45, 2.75) is 13.3 Å². The molecule has 3 heteroatoms. The molecule has 0 heterocycles. The fourth-order valence-corrected chi connectivity index (χ4v) is 0.975. The molecule has 70 valence electrons. The van der Waals surface area contributed by atoms with Crippen molar-refractivity contribution < 1.29 is 4.39 Å². The molecule has 0 aliphatic heterocycles. The van der Waals surface area contributed by atoms with Crippen LogP contribution in [0.3, 0.4) is 0 Å². The number of rotatable bonds is 0. The monoisotopic (exact) mass is 188 g/mol. The molecule has 0 aromatic heterocycles. The molecule has 0 spiro atoms. The first-order valence-electron chi connectivity index (χ1n) is 4.07. The van der Waals surface area contributed by atoms with Gasteiger partial charge in [-0.05, 0) is 19.1 Å². The van der Waals surface area contributed by atoms with E-state index in [0.29, 0.717) is 11.3 Å². The van der Waals surface area contributed by atoms with Crippen LogP contribution in [0, 0.1) is 35.9 Å². The molecule has 0 atom stereocenters. The average Bonchev–Trinajstić information content (AvgIpc) is 2.18. The number of hydrogen-bond acceptors (Lipinski definition) is 2. The van der Waals surface area contributed by atoms with Gasteiger partial charge < -0.3 is 5.73 Å². The Bertz CT molecular complexity index is 447. The summed E-state index contributed by atoms with van der Waals surface area (Å²) in [5.74, 6) is 4.72. The summed E-state index contributed by atoms with van der Waals surface area (Å²) in [5.41, 5.74) is 6.60. The molecule has 1 aromatic rings. The molecule has 2 nitrogen and oxygen atoms in total. The Hall–Kier alpha value is -2.00. The van der Waals surface area contributed by atoms with E-state index in [-0.39, 0.29) is 12.0 Å². The smallest absolute Gasteiger partial charge is 0.143 e. The summed E-state index contributed by atoms with van der Waals surface area (Å²) in [6.07, 6.45) is 0.100. The molecule has 14 heavy (non-hydrogen) atoms. The summed E-state index contributed by atoms with van der Waals surface area (Å²) in [6.45, 7) is 1.60. The number of hydrogen-bond donors (Lipinski definition) is 1. The van der Waals surface area contributed by atoms with Crippen LogP contribution >= 0.6 is 0 Å². The van der Waals surface area contributed by atoms with Gasteiger partial charge in [-0.25, -0.2) is 4.39 Å². The lowest BCUT2D eigenvalue weighted by Crippen LogP contribution is -1.95. The molecular formula is C11H9FN2.